The zero-order chi connectivity index (χ0) is 20.7. The molecule has 0 N–H and O–H groups in total. The fraction of sp³-hybridized carbons (Fsp3) is 0.160. The topological polar surface area (TPSA) is 51.0 Å². The van der Waals surface area contributed by atoms with Crippen molar-refractivity contribution in [3.63, 3.8) is 0 Å². The van der Waals surface area contributed by atoms with Crippen molar-refractivity contribution >= 4 is 5.91 Å². The smallest absolute Gasteiger partial charge is 0.290 e. The Hall–Kier alpha value is -3.73. The lowest BCUT2D eigenvalue weighted by Gasteiger charge is -2.18. The Morgan fingerprint density at radius 1 is 1.00 bits per heavy atom. The van der Waals surface area contributed by atoms with Crippen LogP contribution in [0.25, 0.3) is 28.1 Å². The molecule has 148 valence electrons. The SMILES string of the molecule is CCN1Cc2ccc(-c3cccnc3C)cc2-n2cc(-c3ccccc3)nc2C1=O. The molecule has 5 nitrogen and oxygen atoms in total. The van der Waals surface area contributed by atoms with Crippen LogP contribution in [0.5, 0.6) is 0 Å². The van der Waals surface area contributed by atoms with Gasteiger partial charge in [0.1, 0.15) is 0 Å². The fourth-order valence-electron chi connectivity index (χ4n) is 4.02. The van der Waals surface area contributed by atoms with Gasteiger partial charge in [0.15, 0.2) is 0 Å². The number of aromatic nitrogens is 3. The van der Waals surface area contributed by atoms with Crippen molar-refractivity contribution in [2.75, 3.05) is 6.54 Å². The van der Waals surface area contributed by atoms with Crippen LogP contribution in [0, 0.1) is 6.92 Å². The lowest BCUT2D eigenvalue weighted by Crippen LogP contribution is -2.30. The molecule has 1 aliphatic rings. The van der Waals surface area contributed by atoms with Crippen molar-refractivity contribution in [1.82, 2.24) is 19.4 Å². The first-order chi connectivity index (χ1) is 14.7. The molecule has 2 aromatic carbocycles. The number of nitrogens with zero attached hydrogens (tertiary/aromatic N) is 4. The Morgan fingerprint density at radius 2 is 1.83 bits per heavy atom. The molecule has 1 amide bonds. The molecule has 0 bridgehead atoms. The fourth-order valence-corrected chi connectivity index (χ4v) is 4.02. The van der Waals surface area contributed by atoms with Crippen molar-refractivity contribution in [2.24, 2.45) is 0 Å². The van der Waals surface area contributed by atoms with Crippen molar-refractivity contribution < 1.29 is 4.79 Å². The van der Waals surface area contributed by atoms with Crippen molar-refractivity contribution in [3.8, 4) is 28.1 Å². The van der Waals surface area contributed by atoms with Gasteiger partial charge in [-0.3, -0.25) is 14.3 Å². The number of benzene rings is 2. The van der Waals surface area contributed by atoms with Crippen LogP contribution >= 0.6 is 0 Å². The average molecular weight is 394 g/mol. The summed E-state index contributed by atoms with van der Waals surface area (Å²) in [4.78, 5) is 24.2. The predicted octanol–water partition coefficient (Wildman–Crippen LogP) is 4.89. The number of imidazole rings is 1. The summed E-state index contributed by atoms with van der Waals surface area (Å²) < 4.78 is 1.95. The molecule has 0 unspecified atom stereocenters. The molecule has 5 heteroatoms. The Balaban J connectivity index is 1.72. The third kappa shape index (κ3) is 2.99. The summed E-state index contributed by atoms with van der Waals surface area (Å²) >= 11 is 0. The number of hydrogen-bond acceptors (Lipinski definition) is 3. The van der Waals surface area contributed by atoms with E-state index >= 15 is 0 Å². The molecular weight excluding hydrogens is 372 g/mol. The number of fused-ring (bicyclic) bond motifs is 3. The van der Waals surface area contributed by atoms with Crippen LogP contribution < -0.4 is 0 Å². The quantitative estimate of drug-likeness (QED) is 0.497. The highest BCUT2D eigenvalue weighted by atomic mass is 16.2. The van der Waals surface area contributed by atoms with E-state index in [0.717, 1.165) is 39.3 Å². The van der Waals surface area contributed by atoms with Crippen LogP contribution in [-0.4, -0.2) is 31.9 Å². The number of aryl methyl sites for hydroxylation is 1. The minimum Gasteiger partial charge on any atom is -0.332 e. The minimum atomic E-state index is -0.0463. The molecule has 2 aromatic heterocycles. The van der Waals surface area contributed by atoms with E-state index in [9.17, 15) is 4.79 Å². The van der Waals surface area contributed by atoms with Gasteiger partial charge in [0.2, 0.25) is 5.82 Å². The first-order valence-electron chi connectivity index (χ1n) is 10.1. The zero-order valence-electron chi connectivity index (χ0n) is 17.0. The first kappa shape index (κ1) is 18.3. The first-order valence-corrected chi connectivity index (χ1v) is 10.1. The van der Waals surface area contributed by atoms with Gasteiger partial charge in [-0.2, -0.15) is 0 Å². The van der Waals surface area contributed by atoms with Crippen molar-refractivity contribution in [2.45, 2.75) is 20.4 Å². The van der Waals surface area contributed by atoms with Gasteiger partial charge in [-0.15, -0.1) is 0 Å². The number of hydrogen-bond donors (Lipinski definition) is 0. The van der Waals surface area contributed by atoms with E-state index in [2.05, 4.69) is 29.2 Å². The van der Waals surface area contributed by atoms with Gasteiger partial charge in [0, 0.05) is 42.3 Å². The van der Waals surface area contributed by atoms with E-state index < -0.39 is 0 Å². The molecule has 4 aromatic rings. The Labute approximate surface area is 175 Å². The molecule has 0 fully saturated rings. The van der Waals surface area contributed by atoms with Gasteiger partial charge >= 0.3 is 0 Å². The maximum atomic E-state index is 13.2. The van der Waals surface area contributed by atoms with Crippen LogP contribution in [-0.2, 0) is 6.54 Å². The Kier molecular flexibility index (Phi) is 4.43. The molecule has 1 aliphatic heterocycles. The Bertz CT molecular complexity index is 1240. The standard InChI is InChI=1S/C25H22N4O/c1-3-28-15-20-12-11-19(21-10-7-13-26-17(21)2)14-23(20)29-16-22(27-24(29)25(28)30)18-8-5-4-6-9-18/h4-14,16H,3,15H2,1-2H3. The second kappa shape index (κ2) is 7.26. The number of pyridine rings is 1. The lowest BCUT2D eigenvalue weighted by atomic mass is 10.0. The summed E-state index contributed by atoms with van der Waals surface area (Å²) in [6.07, 6.45) is 3.78. The van der Waals surface area contributed by atoms with E-state index in [0.29, 0.717) is 18.9 Å². The molecule has 30 heavy (non-hydrogen) atoms. The maximum Gasteiger partial charge on any atom is 0.290 e. The normalized spacial score (nSPS) is 13.0. The number of amides is 1. The minimum absolute atomic E-state index is 0.0463. The third-order valence-electron chi connectivity index (χ3n) is 5.66. The van der Waals surface area contributed by atoms with Crippen LogP contribution in [0.2, 0.25) is 0 Å². The molecule has 0 atom stereocenters. The monoisotopic (exact) mass is 394 g/mol. The maximum absolute atomic E-state index is 13.2. The summed E-state index contributed by atoms with van der Waals surface area (Å²) in [5.41, 5.74) is 7.04. The highest BCUT2D eigenvalue weighted by molar-refractivity contribution is 5.93. The van der Waals surface area contributed by atoms with E-state index in [1.807, 2.05) is 65.9 Å². The second-order valence-electron chi connectivity index (χ2n) is 7.48. The van der Waals surface area contributed by atoms with E-state index in [4.69, 9.17) is 4.98 Å². The number of carbonyl (C=O) groups excluding carboxylic acids is 1. The van der Waals surface area contributed by atoms with Crippen molar-refractivity contribution in [1.29, 1.82) is 0 Å². The summed E-state index contributed by atoms with van der Waals surface area (Å²) in [6.45, 7) is 5.22. The largest absolute Gasteiger partial charge is 0.332 e. The van der Waals surface area contributed by atoms with Gasteiger partial charge in [-0.1, -0.05) is 48.5 Å². The molecule has 5 rings (SSSR count). The Morgan fingerprint density at radius 3 is 2.60 bits per heavy atom. The van der Waals surface area contributed by atoms with Crippen LogP contribution in [0.1, 0.15) is 28.8 Å². The number of carbonyl (C=O) groups is 1. The summed E-state index contributed by atoms with van der Waals surface area (Å²) in [7, 11) is 0. The highest BCUT2D eigenvalue weighted by Crippen LogP contribution is 2.32. The van der Waals surface area contributed by atoms with E-state index in [1.165, 1.54) is 0 Å². The van der Waals surface area contributed by atoms with E-state index in [-0.39, 0.29) is 5.91 Å². The number of rotatable bonds is 3. The van der Waals surface area contributed by atoms with Crippen LogP contribution in [0.3, 0.4) is 0 Å². The van der Waals surface area contributed by atoms with Gasteiger partial charge in [0.05, 0.1) is 11.4 Å². The third-order valence-corrected chi connectivity index (χ3v) is 5.66. The molecular formula is C25H22N4O. The molecule has 0 saturated heterocycles. The summed E-state index contributed by atoms with van der Waals surface area (Å²) in [5, 5.41) is 0. The highest BCUT2D eigenvalue weighted by Gasteiger charge is 2.28. The van der Waals surface area contributed by atoms with Crippen LogP contribution in [0.15, 0.2) is 73.1 Å². The summed E-state index contributed by atoms with van der Waals surface area (Å²) in [6, 6.07) is 20.4. The molecule has 0 saturated carbocycles. The van der Waals surface area contributed by atoms with Gasteiger partial charge in [-0.25, -0.2) is 4.98 Å². The van der Waals surface area contributed by atoms with Gasteiger partial charge in [-0.05, 0) is 37.1 Å². The van der Waals surface area contributed by atoms with Crippen LogP contribution in [0.4, 0.5) is 0 Å². The predicted molar refractivity (Wildman–Crippen MR) is 117 cm³/mol. The van der Waals surface area contributed by atoms with E-state index in [1.54, 1.807) is 6.20 Å². The second-order valence-corrected chi connectivity index (χ2v) is 7.48. The zero-order valence-corrected chi connectivity index (χ0v) is 17.0. The van der Waals surface area contributed by atoms with Gasteiger partial charge < -0.3 is 4.90 Å². The van der Waals surface area contributed by atoms with Crippen molar-refractivity contribution in [3.05, 3.63) is 90.1 Å². The molecule has 0 spiro atoms. The summed E-state index contributed by atoms with van der Waals surface area (Å²) in [5.74, 6) is 0.407. The molecule has 0 aliphatic carbocycles. The molecule has 3 heterocycles. The lowest BCUT2D eigenvalue weighted by molar-refractivity contribution is 0.0744. The molecule has 0 radical (unpaired) electrons. The average Bonchev–Trinajstić information content (AvgIpc) is 3.19. The van der Waals surface area contributed by atoms with Gasteiger partial charge in [0.25, 0.3) is 5.91 Å².